The molecule has 0 unspecified atom stereocenters. The zero-order chi connectivity index (χ0) is 15.0. The van der Waals surface area contributed by atoms with E-state index in [9.17, 15) is 14.7 Å². The Bertz CT molecular complexity index is 544. The molecule has 22 heavy (non-hydrogen) atoms. The van der Waals surface area contributed by atoms with Crippen LogP contribution in [-0.4, -0.2) is 49.6 Å². The van der Waals surface area contributed by atoms with E-state index in [-0.39, 0.29) is 34.0 Å². The molecule has 0 spiro atoms. The second-order valence-electron chi connectivity index (χ2n) is 5.55. The van der Waals surface area contributed by atoms with Crippen molar-refractivity contribution < 1.29 is 14.7 Å². The number of aliphatic imine (C=N–C) groups is 1. The Hall–Kier alpha value is -0.340. The van der Waals surface area contributed by atoms with Crippen molar-refractivity contribution in [3.05, 3.63) is 11.8 Å². The van der Waals surface area contributed by atoms with E-state index < -0.39 is 11.5 Å². The maximum atomic E-state index is 12.6. The highest BCUT2D eigenvalue weighted by Crippen LogP contribution is 2.47. The molecule has 122 valence electrons. The zero-order valence-electron chi connectivity index (χ0n) is 12.0. The van der Waals surface area contributed by atoms with Crippen molar-refractivity contribution in [2.24, 2.45) is 4.99 Å². The SMILES string of the molecule is Br.O=C(O)C1=CCS[C@@H]2N1C(=O)[C@@]2(CBr)N=C1CCCCC1. The minimum Gasteiger partial charge on any atom is -0.477 e. The number of fused-ring (bicyclic) bond motifs is 1. The number of rotatable bonds is 3. The van der Waals surface area contributed by atoms with Gasteiger partial charge < -0.3 is 5.11 Å². The summed E-state index contributed by atoms with van der Waals surface area (Å²) in [7, 11) is 0. The van der Waals surface area contributed by atoms with Crippen LogP contribution in [-0.2, 0) is 9.59 Å². The molecule has 1 N–H and O–H groups in total. The summed E-state index contributed by atoms with van der Waals surface area (Å²) in [6.07, 6.45) is 7.01. The Kier molecular flexibility index (Phi) is 5.77. The summed E-state index contributed by atoms with van der Waals surface area (Å²) >= 11 is 5.02. The fourth-order valence-corrected chi connectivity index (χ4v) is 5.33. The summed E-state index contributed by atoms with van der Waals surface area (Å²) in [5, 5.41) is 9.47. The Morgan fingerprint density at radius 2 is 2.14 bits per heavy atom. The lowest BCUT2D eigenvalue weighted by molar-refractivity contribution is -0.152. The first kappa shape index (κ1) is 18.0. The fourth-order valence-electron chi connectivity index (χ4n) is 3.13. The summed E-state index contributed by atoms with van der Waals surface area (Å²) in [4.78, 5) is 30.1. The number of carbonyl (C=O) groups excluding carboxylic acids is 1. The van der Waals surface area contributed by atoms with Crippen LogP contribution in [0.3, 0.4) is 0 Å². The van der Waals surface area contributed by atoms with Crippen LogP contribution in [0.2, 0.25) is 0 Å². The molecule has 1 saturated heterocycles. The third-order valence-corrected chi connectivity index (χ3v) is 6.36. The summed E-state index contributed by atoms with van der Waals surface area (Å²) in [6.45, 7) is 0. The number of alkyl halides is 1. The van der Waals surface area contributed by atoms with E-state index in [4.69, 9.17) is 4.99 Å². The maximum Gasteiger partial charge on any atom is 0.352 e. The fraction of sp³-hybridized carbons (Fsp3) is 0.643. The summed E-state index contributed by atoms with van der Waals surface area (Å²) in [5.74, 6) is -0.624. The molecule has 8 heteroatoms. The number of nitrogens with zero attached hydrogens (tertiary/aromatic N) is 2. The molecule has 0 aromatic carbocycles. The molecular formula is C14H18Br2N2O3S. The van der Waals surface area contributed by atoms with Gasteiger partial charge in [0.1, 0.15) is 11.1 Å². The number of carbonyl (C=O) groups is 2. The number of thioether (sulfide) groups is 1. The lowest BCUT2D eigenvalue weighted by Crippen LogP contribution is -2.73. The van der Waals surface area contributed by atoms with Gasteiger partial charge in [-0.05, 0) is 31.8 Å². The smallest absolute Gasteiger partial charge is 0.352 e. The molecule has 2 atom stereocenters. The van der Waals surface area contributed by atoms with Crippen LogP contribution in [0.4, 0.5) is 0 Å². The highest BCUT2D eigenvalue weighted by atomic mass is 79.9. The maximum absolute atomic E-state index is 12.6. The topological polar surface area (TPSA) is 70.0 Å². The Balaban J connectivity index is 0.00000176. The number of hydrogen-bond acceptors (Lipinski definition) is 4. The van der Waals surface area contributed by atoms with Crippen LogP contribution in [0.25, 0.3) is 0 Å². The number of halogens is 2. The average molecular weight is 454 g/mol. The van der Waals surface area contributed by atoms with Crippen LogP contribution >= 0.6 is 44.7 Å². The highest BCUT2D eigenvalue weighted by molar-refractivity contribution is 9.09. The lowest BCUT2D eigenvalue weighted by atomic mass is 9.88. The van der Waals surface area contributed by atoms with Gasteiger partial charge in [0.05, 0.1) is 0 Å². The van der Waals surface area contributed by atoms with E-state index in [1.165, 1.54) is 11.3 Å². The molecule has 0 aromatic heterocycles. The van der Waals surface area contributed by atoms with Gasteiger partial charge in [0, 0.05) is 16.8 Å². The van der Waals surface area contributed by atoms with Crippen molar-refractivity contribution >= 4 is 62.3 Å². The van der Waals surface area contributed by atoms with E-state index in [0.29, 0.717) is 11.1 Å². The Labute approximate surface area is 152 Å². The normalized spacial score (nSPS) is 30.7. The molecule has 2 heterocycles. The van der Waals surface area contributed by atoms with Crippen molar-refractivity contribution in [2.75, 3.05) is 11.1 Å². The highest BCUT2D eigenvalue weighted by Gasteiger charge is 2.63. The summed E-state index contributed by atoms with van der Waals surface area (Å²) < 4.78 is 0. The molecule has 1 amide bonds. The van der Waals surface area contributed by atoms with E-state index in [2.05, 4.69) is 15.9 Å². The Morgan fingerprint density at radius 3 is 2.73 bits per heavy atom. The van der Waals surface area contributed by atoms with E-state index in [1.807, 2.05) is 0 Å². The van der Waals surface area contributed by atoms with Crippen LogP contribution in [0.5, 0.6) is 0 Å². The number of carboxylic acids is 1. The number of carboxylic acid groups (broad SMARTS) is 1. The number of β-lactam (4-membered cyclic amide) rings is 1. The monoisotopic (exact) mass is 452 g/mol. The van der Waals surface area contributed by atoms with Gasteiger partial charge in [0.2, 0.25) is 0 Å². The van der Waals surface area contributed by atoms with Gasteiger partial charge in [0.15, 0.2) is 5.54 Å². The molecule has 5 nitrogen and oxygen atoms in total. The molecule has 2 fully saturated rings. The van der Waals surface area contributed by atoms with Crippen LogP contribution in [0.1, 0.15) is 32.1 Å². The summed E-state index contributed by atoms with van der Waals surface area (Å²) in [6, 6.07) is 0. The van der Waals surface area contributed by atoms with Gasteiger partial charge in [0.25, 0.3) is 5.91 Å². The number of aliphatic carboxylic acids is 1. The molecular weight excluding hydrogens is 436 g/mol. The van der Waals surface area contributed by atoms with E-state index >= 15 is 0 Å². The largest absolute Gasteiger partial charge is 0.477 e. The van der Waals surface area contributed by atoms with Crippen LogP contribution < -0.4 is 0 Å². The first-order valence-corrected chi connectivity index (χ1v) is 9.29. The first-order valence-electron chi connectivity index (χ1n) is 7.12. The van der Waals surface area contributed by atoms with Gasteiger partial charge >= 0.3 is 5.97 Å². The third kappa shape index (κ3) is 2.78. The van der Waals surface area contributed by atoms with Crippen molar-refractivity contribution in [3.8, 4) is 0 Å². The molecule has 2 aliphatic heterocycles. The second-order valence-corrected chi connectivity index (χ2v) is 7.23. The molecule has 0 bridgehead atoms. The molecule has 1 saturated carbocycles. The predicted octanol–water partition coefficient (Wildman–Crippen LogP) is 2.99. The number of amides is 1. The van der Waals surface area contributed by atoms with Crippen molar-refractivity contribution in [3.63, 3.8) is 0 Å². The van der Waals surface area contributed by atoms with E-state index in [0.717, 1.165) is 31.4 Å². The standard InChI is InChI=1S/C14H17BrN2O3S.BrH/c15-8-14(16-9-4-2-1-3-5-9)12(20)17-10(11(18)19)6-7-21-13(14)17;/h6,13H,1-5,7-8H2,(H,18,19);1H/t13-,14+;/m0./s1. The van der Waals surface area contributed by atoms with Crippen molar-refractivity contribution in [1.82, 2.24) is 4.90 Å². The second kappa shape index (κ2) is 7.05. The minimum absolute atomic E-state index is 0. The molecule has 3 rings (SSSR count). The van der Waals surface area contributed by atoms with Crippen molar-refractivity contribution in [2.45, 2.75) is 43.0 Å². The van der Waals surface area contributed by atoms with Gasteiger partial charge in [-0.15, -0.1) is 28.7 Å². The third-order valence-electron chi connectivity index (χ3n) is 4.23. The molecule has 3 aliphatic rings. The van der Waals surface area contributed by atoms with Gasteiger partial charge in [-0.3, -0.25) is 14.7 Å². The van der Waals surface area contributed by atoms with Crippen LogP contribution in [0, 0.1) is 0 Å². The average Bonchev–Trinajstić information content (AvgIpc) is 2.52. The van der Waals surface area contributed by atoms with Gasteiger partial charge in [-0.1, -0.05) is 22.4 Å². The van der Waals surface area contributed by atoms with E-state index in [1.54, 1.807) is 17.8 Å². The predicted molar refractivity (Wildman–Crippen MR) is 96.2 cm³/mol. The van der Waals surface area contributed by atoms with Gasteiger partial charge in [-0.25, -0.2) is 4.79 Å². The first-order chi connectivity index (χ1) is 10.1. The lowest BCUT2D eigenvalue weighted by Gasteiger charge is -2.54. The molecule has 1 aliphatic carbocycles. The zero-order valence-corrected chi connectivity index (χ0v) is 16.1. The van der Waals surface area contributed by atoms with Gasteiger partial charge in [-0.2, -0.15) is 0 Å². The van der Waals surface area contributed by atoms with Crippen molar-refractivity contribution in [1.29, 1.82) is 0 Å². The molecule has 0 aromatic rings. The molecule has 0 radical (unpaired) electrons. The number of hydrogen-bond donors (Lipinski definition) is 1. The minimum atomic E-state index is -1.04. The summed E-state index contributed by atoms with van der Waals surface area (Å²) in [5.41, 5.74) is 0.400. The Morgan fingerprint density at radius 1 is 1.45 bits per heavy atom. The van der Waals surface area contributed by atoms with Crippen LogP contribution in [0.15, 0.2) is 16.8 Å². The quantitative estimate of drug-likeness (QED) is 0.526.